The molecule has 3 N–H and O–H groups in total. The molecule has 0 aliphatic carbocycles. The number of primary amides is 1. The molecule has 0 aromatic heterocycles. The Morgan fingerprint density at radius 3 is 2.62 bits per heavy atom. The normalized spacial score (nSPS) is 10.8. The van der Waals surface area contributed by atoms with Gasteiger partial charge in [-0.25, -0.2) is 10.2 Å². The van der Waals surface area contributed by atoms with Crippen molar-refractivity contribution >= 4 is 17.7 Å². The van der Waals surface area contributed by atoms with Gasteiger partial charge in [0.25, 0.3) is 0 Å². The molecular weight excluding hydrogens is 174 g/mol. The summed E-state index contributed by atoms with van der Waals surface area (Å²) in [5.74, 6) is -0.380. The van der Waals surface area contributed by atoms with Gasteiger partial charge in [0, 0.05) is 5.71 Å². The third-order valence-corrected chi connectivity index (χ3v) is 1.06. The number of nitrogens with one attached hydrogen (secondary N) is 1. The van der Waals surface area contributed by atoms with E-state index in [0.29, 0.717) is 12.3 Å². The van der Waals surface area contributed by atoms with Gasteiger partial charge in [0.2, 0.25) is 0 Å². The second kappa shape index (κ2) is 5.99. The van der Waals surface area contributed by atoms with Gasteiger partial charge in [0.1, 0.15) is 0 Å². The first-order chi connectivity index (χ1) is 6.06. The van der Waals surface area contributed by atoms with Crippen LogP contribution < -0.4 is 11.2 Å². The highest BCUT2D eigenvalue weighted by atomic mass is 16.5. The summed E-state index contributed by atoms with van der Waals surface area (Å²) in [6, 6.07) is -0.761. The summed E-state index contributed by atoms with van der Waals surface area (Å²) in [5, 5.41) is 3.54. The molecule has 0 spiro atoms. The molecule has 0 saturated carbocycles. The van der Waals surface area contributed by atoms with Crippen LogP contribution >= 0.6 is 0 Å². The monoisotopic (exact) mass is 187 g/mol. The van der Waals surface area contributed by atoms with E-state index in [4.69, 9.17) is 5.73 Å². The van der Waals surface area contributed by atoms with Crippen molar-refractivity contribution in [2.45, 2.75) is 20.3 Å². The summed E-state index contributed by atoms with van der Waals surface area (Å²) in [6.07, 6.45) is 0.0497. The zero-order valence-electron chi connectivity index (χ0n) is 7.66. The molecule has 2 amide bonds. The van der Waals surface area contributed by atoms with Gasteiger partial charge in [-0.05, 0) is 13.8 Å². The van der Waals surface area contributed by atoms with Crippen LogP contribution in [0.3, 0.4) is 0 Å². The topological polar surface area (TPSA) is 93.8 Å². The minimum absolute atomic E-state index is 0.0497. The van der Waals surface area contributed by atoms with Gasteiger partial charge >= 0.3 is 12.0 Å². The number of carbonyl (C=O) groups is 2. The Balaban J connectivity index is 3.84. The van der Waals surface area contributed by atoms with E-state index in [-0.39, 0.29) is 12.4 Å². The lowest BCUT2D eigenvalue weighted by molar-refractivity contribution is -0.141. The lowest BCUT2D eigenvalue weighted by Crippen LogP contribution is -2.25. The largest absolute Gasteiger partial charge is 0.466 e. The number of urea groups is 1. The molecule has 0 fully saturated rings. The quantitative estimate of drug-likeness (QED) is 0.368. The van der Waals surface area contributed by atoms with Crippen molar-refractivity contribution in [1.82, 2.24) is 5.43 Å². The fourth-order valence-electron chi connectivity index (χ4n) is 0.611. The molecule has 0 radical (unpaired) electrons. The van der Waals surface area contributed by atoms with Crippen molar-refractivity contribution in [3.63, 3.8) is 0 Å². The van der Waals surface area contributed by atoms with Crippen molar-refractivity contribution in [3.8, 4) is 0 Å². The fourth-order valence-corrected chi connectivity index (χ4v) is 0.611. The van der Waals surface area contributed by atoms with Gasteiger partial charge in [-0.3, -0.25) is 4.79 Å². The summed E-state index contributed by atoms with van der Waals surface area (Å²) in [4.78, 5) is 21.1. The lowest BCUT2D eigenvalue weighted by atomic mass is 10.3. The van der Waals surface area contributed by atoms with Gasteiger partial charge in [-0.2, -0.15) is 5.10 Å². The maximum absolute atomic E-state index is 10.9. The average Bonchev–Trinajstić information content (AvgIpc) is 2.01. The summed E-state index contributed by atoms with van der Waals surface area (Å²) in [6.45, 7) is 3.63. The molecule has 74 valence electrons. The average molecular weight is 187 g/mol. The number of hydrogen-bond donors (Lipinski definition) is 2. The van der Waals surface area contributed by atoms with Crippen LogP contribution in [0.1, 0.15) is 20.3 Å². The number of nitrogens with two attached hydrogens (primary N) is 1. The number of esters is 1. The number of nitrogens with zero attached hydrogens (tertiary/aromatic N) is 1. The smallest absolute Gasteiger partial charge is 0.332 e. The second-order valence-electron chi connectivity index (χ2n) is 2.30. The maximum Gasteiger partial charge on any atom is 0.332 e. The van der Waals surface area contributed by atoms with Gasteiger partial charge in [0.15, 0.2) is 0 Å². The van der Waals surface area contributed by atoms with Crippen LogP contribution in [0.4, 0.5) is 4.79 Å². The van der Waals surface area contributed by atoms with Crippen LogP contribution in [0, 0.1) is 0 Å². The maximum atomic E-state index is 10.9. The van der Waals surface area contributed by atoms with E-state index in [9.17, 15) is 9.59 Å². The molecule has 0 aromatic rings. The van der Waals surface area contributed by atoms with Crippen LogP contribution in [0.25, 0.3) is 0 Å². The minimum atomic E-state index is -0.761. The van der Waals surface area contributed by atoms with Crippen molar-refractivity contribution < 1.29 is 14.3 Å². The van der Waals surface area contributed by atoms with Crippen molar-refractivity contribution in [2.75, 3.05) is 6.61 Å². The Bertz CT molecular complexity index is 225. The Morgan fingerprint density at radius 1 is 1.54 bits per heavy atom. The molecule has 0 rings (SSSR count). The zero-order chi connectivity index (χ0) is 10.3. The molecule has 0 bridgehead atoms. The number of ether oxygens (including phenoxy) is 1. The molecule has 6 nitrogen and oxygen atoms in total. The number of rotatable bonds is 4. The molecule has 0 saturated heterocycles. The Morgan fingerprint density at radius 2 is 2.15 bits per heavy atom. The van der Waals surface area contributed by atoms with E-state index in [1.165, 1.54) is 0 Å². The van der Waals surface area contributed by atoms with Crippen LogP contribution in [0.5, 0.6) is 0 Å². The molecule has 0 aliphatic heterocycles. The van der Waals surface area contributed by atoms with E-state index >= 15 is 0 Å². The first-order valence-electron chi connectivity index (χ1n) is 3.80. The predicted molar refractivity (Wildman–Crippen MR) is 47.1 cm³/mol. The first kappa shape index (κ1) is 11.4. The van der Waals surface area contributed by atoms with Gasteiger partial charge in [-0.15, -0.1) is 0 Å². The molecule has 0 atom stereocenters. The molecule has 0 aromatic carbocycles. The van der Waals surface area contributed by atoms with Crippen molar-refractivity contribution in [1.29, 1.82) is 0 Å². The summed E-state index contributed by atoms with van der Waals surface area (Å²) < 4.78 is 4.66. The van der Waals surface area contributed by atoms with Crippen molar-refractivity contribution in [2.24, 2.45) is 10.8 Å². The summed E-state index contributed by atoms with van der Waals surface area (Å²) in [7, 11) is 0. The van der Waals surface area contributed by atoms with E-state index < -0.39 is 6.03 Å². The van der Waals surface area contributed by atoms with Crippen molar-refractivity contribution in [3.05, 3.63) is 0 Å². The Hall–Kier alpha value is -1.59. The van der Waals surface area contributed by atoms with Crippen LogP contribution in [0.2, 0.25) is 0 Å². The fraction of sp³-hybridized carbons (Fsp3) is 0.571. The minimum Gasteiger partial charge on any atom is -0.466 e. The highest BCUT2D eigenvalue weighted by molar-refractivity contribution is 5.97. The second-order valence-corrected chi connectivity index (χ2v) is 2.30. The van der Waals surface area contributed by atoms with Crippen LogP contribution in [0.15, 0.2) is 5.10 Å². The highest BCUT2D eigenvalue weighted by Gasteiger charge is 2.03. The molecular formula is C7H13N3O3. The number of amides is 2. The van der Waals surface area contributed by atoms with Crippen LogP contribution in [-0.4, -0.2) is 24.3 Å². The number of carbonyl (C=O) groups excluding carboxylic acids is 2. The Labute approximate surface area is 76.1 Å². The van der Waals surface area contributed by atoms with Gasteiger partial charge < -0.3 is 10.5 Å². The molecule has 0 aliphatic rings. The Kier molecular flexibility index (Phi) is 5.25. The molecule has 6 heteroatoms. The third kappa shape index (κ3) is 6.79. The first-order valence-corrected chi connectivity index (χ1v) is 3.80. The SMILES string of the molecule is CCOC(=O)CC(C)=NNC(N)=O. The number of hydrazone groups is 1. The van der Waals surface area contributed by atoms with E-state index in [2.05, 4.69) is 9.84 Å². The lowest BCUT2D eigenvalue weighted by Gasteiger charge is -2.00. The standard InChI is InChI=1S/C7H13N3O3/c1-3-13-6(11)4-5(2)9-10-7(8)12/h3-4H2,1-2H3,(H3,8,10,12). The summed E-state index contributed by atoms with van der Waals surface area (Å²) in [5.41, 5.74) is 7.21. The van der Waals surface area contributed by atoms with E-state index in [1.807, 2.05) is 5.43 Å². The van der Waals surface area contributed by atoms with Gasteiger partial charge in [-0.1, -0.05) is 0 Å². The third-order valence-electron chi connectivity index (χ3n) is 1.06. The molecule has 13 heavy (non-hydrogen) atoms. The van der Waals surface area contributed by atoms with E-state index in [0.717, 1.165) is 0 Å². The molecule has 0 heterocycles. The molecule has 0 unspecified atom stereocenters. The van der Waals surface area contributed by atoms with E-state index in [1.54, 1.807) is 13.8 Å². The van der Waals surface area contributed by atoms with Gasteiger partial charge in [0.05, 0.1) is 13.0 Å². The zero-order valence-corrected chi connectivity index (χ0v) is 7.66. The number of hydrogen-bond acceptors (Lipinski definition) is 4. The highest BCUT2D eigenvalue weighted by Crippen LogP contribution is 1.89. The summed E-state index contributed by atoms with van der Waals surface area (Å²) >= 11 is 0. The predicted octanol–water partition coefficient (Wildman–Crippen LogP) is -0.0162. The van der Waals surface area contributed by atoms with Crippen LogP contribution in [-0.2, 0) is 9.53 Å².